The zero-order valence-electron chi connectivity index (χ0n) is 18.9. The van der Waals surface area contributed by atoms with E-state index in [2.05, 4.69) is 25.1 Å². The zero-order valence-corrected chi connectivity index (χ0v) is 18.9. The van der Waals surface area contributed by atoms with Crippen LogP contribution in [0.1, 0.15) is 10.4 Å². The van der Waals surface area contributed by atoms with Crippen molar-refractivity contribution in [2.24, 2.45) is 0 Å². The standard InChI is InChI=1S/C27H23FN6O/c28-20-7-9-21(10-8-20)33-12-14-34(15-13-33)27(35)19-6-11-23-22(16-19)25(32-31-23)26-29-17-24(30-26)18-4-2-1-3-5-18/h1-11,16-17H,12-15H2,(H,29,30)(H,31,32). The van der Waals surface area contributed by atoms with Gasteiger partial charge in [0, 0.05) is 42.8 Å². The molecule has 1 saturated heterocycles. The minimum absolute atomic E-state index is 0.0118. The molecule has 0 radical (unpaired) electrons. The number of aromatic amines is 2. The Morgan fingerprint density at radius 2 is 1.69 bits per heavy atom. The van der Waals surface area contributed by atoms with Crippen molar-refractivity contribution in [3.05, 3.63) is 90.4 Å². The van der Waals surface area contributed by atoms with E-state index < -0.39 is 0 Å². The molecule has 8 heteroatoms. The van der Waals surface area contributed by atoms with Crippen LogP contribution in [0.4, 0.5) is 10.1 Å². The number of amides is 1. The van der Waals surface area contributed by atoms with Crippen LogP contribution in [0.25, 0.3) is 33.7 Å². The summed E-state index contributed by atoms with van der Waals surface area (Å²) in [6, 6.07) is 22.1. The number of nitrogens with one attached hydrogen (secondary N) is 2. The minimum Gasteiger partial charge on any atom is -0.368 e. The molecule has 0 spiro atoms. The van der Waals surface area contributed by atoms with Gasteiger partial charge in [-0.25, -0.2) is 9.37 Å². The Bertz CT molecular complexity index is 1480. The molecule has 35 heavy (non-hydrogen) atoms. The molecule has 5 aromatic rings. The number of rotatable bonds is 4. The third kappa shape index (κ3) is 4.03. The monoisotopic (exact) mass is 466 g/mol. The molecule has 0 bridgehead atoms. The highest BCUT2D eigenvalue weighted by molar-refractivity contribution is 6.01. The van der Waals surface area contributed by atoms with Gasteiger partial charge in [-0.15, -0.1) is 0 Å². The van der Waals surface area contributed by atoms with Gasteiger partial charge in [0.1, 0.15) is 11.5 Å². The molecule has 174 valence electrons. The highest BCUT2D eigenvalue weighted by Crippen LogP contribution is 2.28. The molecular formula is C27H23FN6O. The van der Waals surface area contributed by atoms with E-state index in [0.717, 1.165) is 27.8 Å². The maximum atomic E-state index is 13.3. The normalized spacial score (nSPS) is 14.0. The Labute approximate surface area is 201 Å². The lowest BCUT2D eigenvalue weighted by atomic mass is 10.1. The first-order valence-electron chi connectivity index (χ1n) is 11.5. The Hall–Kier alpha value is -4.46. The van der Waals surface area contributed by atoms with E-state index in [1.165, 1.54) is 12.1 Å². The highest BCUT2D eigenvalue weighted by Gasteiger charge is 2.23. The first kappa shape index (κ1) is 21.1. The Morgan fingerprint density at radius 3 is 2.46 bits per heavy atom. The van der Waals surface area contributed by atoms with Gasteiger partial charge in [0.05, 0.1) is 17.4 Å². The predicted molar refractivity (Wildman–Crippen MR) is 134 cm³/mol. The average Bonchev–Trinajstić information content (AvgIpc) is 3.56. The second kappa shape index (κ2) is 8.72. The zero-order chi connectivity index (χ0) is 23.8. The summed E-state index contributed by atoms with van der Waals surface area (Å²) in [5.41, 5.74) is 5.06. The molecule has 3 aromatic carbocycles. The maximum absolute atomic E-state index is 13.3. The van der Waals surface area contributed by atoms with Crippen LogP contribution in [0, 0.1) is 5.82 Å². The number of nitrogens with zero attached hydrogens (tertiary/aromatic N) is 4. The lowest BCUT2D eigenvalue weighted by molar-refractivity contribution is 0.0747. The van der Waals surface area contributed by atoms with Crippen LogP contribution in [-0.2, 0) is 0 Å². The number of anilines is 1. The summed E-state index contributed by atoms with van der Waals surface area (Å²) in [4.78, 5) is 25.2. The van der Waals surface area contributed by atoms with Gasteiger partial charge >= 0.3 is 0 Å². The second-order valence-corrected chi connectivity index (χ2v) is 8.60. The van der Waals surface area contributed by atoms with Crippen LogP contribution < -0.4 is 4.90 Å². The van der Waals surface area contributed by atoms with Crippen LogP contribution in [-0.4, -0.2) is 57.2 Å². The van der Waals surface area contributed by atoms with E-state index in [1.54, 1.807) is 18.3 Å². The van der Waals surface area contributed by atoms with E-state index in [9.17, 15) is 9.18 Å². The number of benzene rings is 3. The van der Waals surface area contributed by atoms with Gasteiger partial charge in [-0.1, -0.05) is 30.3 Å². The molecule has 2 N–H and O–H groups in total. The second-order valence-electron chi connectivity index (χ2n) is 8.60. The van der Waals surface area contributed by atoms with Gasteiger partial charge in [0.15, 0.2) is 5.82 Å². The third-order valence-electron chi connectivity index (χ3n) is 6.45. The van der Waals surface area contributed by atoms with Crippen molar-refractivity contribution in [3.8, 4) is 22.8 Å². The quantitative estimate of drug-likeness (QED) is 0.402. The van der Waals surface area contributed by atoms with Crippen LogP contribution in [0.3, 0.4) is 0 Å². The summed E-state index contributed by atoms with van der Waals surface area (Å²) in [6.45, 7) is 2.60. The largest absolute Gasteiger partial charge is 0.368 e. The van der Waals surface area contributed by atoms with Crippen molar-refractivity contribution in [1.82, 2.24) is 25.1 Å². The summed E-state index contributed by atoms with van der Waals surface area (Å²) >= 11 is 0. The third-order valence-corrected chi connectivity index (χ3v) is 6.45. The van der Waals surface area contributed by atoms with Crippen molar-refractivity contribution >= 4 is 22.5 Å². The van der Waals surface area contributed by atoms with Crippen LogP contribution >= 0.6 is 0 Å². The SMILES string of the molecule is O=C(c1ccc2[nH]nc(-c3ncc(-c4ccccc4)[nH]3)c2c1)N1CCN(c2ccc(F)cc2)CC1. The Kier molecular flexibility index (Phi) is 5.25. The maximum Gasteiger partial charge on any atom is 0.253 e. The van der Waals surface area contributed by atoms with Crippen molar-refractivity contribution in [2.75, 3.05) is 31.1 Å². The number of halogens is 1. The van der Waals surface area contributed by atoms with Gasteiger partial charge in [-0.05, 0) is 48.0 Å². The summed E-state index contributed by atoms with van der Waals surface area (Å²) in [5.74, 6) is 0.386. The van der Waals surface area contributed by atoms with Crippen LogP contribution in [0.2, 0.25) is 0 Å². The van der Waals surface area contributed by atoms with Crippen molar-refractivity contribution in [3.63, 3.8) is 0 Å². The molecule has 1 aliphatic heterocycles. The van der Waals surface area contributed by atoms with Crippen molar-refractivity contribution < 1.29 is 9.18 Å². The molecule has 3 heterocycles. The smallest absolute Gasteiger partial charge is 0.253 e. The van der Waals surface area contributed by atoms with Crippen LogP contribution in [0.15, 0.2) is 79.0 Å². The molecule has 0 saturated carbocycles. The Balaban J connectivity index is 1.22. The topological polar surface area (TPSA) is 80.9 Å². The van der Waals surface area contributed by atoms with Gasteiger partial charge in [0.2, 0.25) is 0 Å². The van der Waals surface area contributed by atoms with Gasteiger partial charge in [-0.2, -0.15) is 5.10 Å². The lowest BCUT2D eigenvalue weighted by Crippen LogP contribution is -2.48. The number of piperazine rings is 1. The number of carbonyl (C=O) groups excluding carboxylic acids is 1. The van der Waals surface area contributed by atoms with Crippen molar-refractivity contribution in [2.45, 2.75) is 0 Å². The summed E-state index contributed by atoms with van der Waals surface area (Å²) in [7, 11) is 0. The van der Waals surface area contributed by atoms with Gasteiger partial charge < -0.3 is 14.8 Å². The highest BCUT2D eigenvalue weighted by atomic mass is 19.1. The van der Waals surface area contributed by atoms with E-state index in [4.69, 9.17) is 0 Å². The molecule has 0 atom stereocenters. The number of imidazole rings is 1. The lowest BCUT2D eigenvalue weighted by Gasteiger charge is -2.36. The fraction of sp³-hybridized carbons (Fsp3) is 0.148. The van der Waals surface area contributed by atoms with Crippen LogP contribution in [0.5, 0.6) is 0 Å². The van der Waals surface area contributed by atoms with E-state index in [0.29, 0.717) is 43.3 Å². The molecule has 2 aromatic heterocycles. The summed E-state index contributed by atoms with van der Waals surface area (Å²) in [5, 5.41) is 8.34. The number of fused-ring (bicyclic) bond motifs is 1. The number of hydrogen-bond acceptors (Lipinski definition) is 4. The van der Waals surface area contributed by atoms with E-state index in [-0.39, 0.29) is 11.7 Å². The fourth-order valence-corrected chi connectivity index (χ4v) is 4.54. The molecule has 0 unspecified atom stereocenters. The molecular weight excluding hydrogens is 443 g/mol. The van der Waals surface area contributed by atoms with E-state index in [1.807, 2.05) is 53.4 Å². The molecule has 1 amide bonds. The average molecular weight is 467 g/mol. The molecule has 1 fully saturated rings. The Morgan fingerprint density at radius 1 is 0.914 bits per heavy atom. The minimum atomic E-state index is -0.248. The summed E-state index contributed by atoms with van der Waals surface area (Å²) < 4.78 is 13.2. The number of hydrogen-bond donors (Lipinski definition) is 2. The first-order valence-corrected chi connectivity index (χ1v) is 11.5. The van der Waals surface area contributed by atoms with Crippen molar-refractivity contribution in [1.29, 1.82) is 0 Å². The number of aromatic nitrogens is 4. The predicted octanol–water partition coefficient (Wildman–Crippen LogP) is 4.72. The van der Waals surface area contributed by atoms with Gasteiger partial charge in [-0.3, -0.25) is 9.89 Å². The molecule has 1 aliphatic rings. The number of H-pyrrole nitrogens is 2. The summed E-state index contributed by atoms with van der Waals surface area (Å²) in [6.07, 6.45) is 1.79. The van der Waals surface area contributed by atoms with Gasteiger partial charge in [0.25, 0.3) is 5.91 Å². The molecule has 0 aliphatic carbocycles. The first-order chi connectivity index (χ1) is 17.2. The van der Waals surface area contributed by atoms with E-state index >= 15 is 0 Å². The fourth-order valence-electron chi connectivity index (χ4n) is 4.54. The molecule has 7 nitrogen and oxygen atoms in total. The molecule has 6 rings (SSSR count). The number of carbonyl (C=O) groups is 1.